The van der Waals surface area contributed by atoms with Crippen LogP contribution in [0.3, 0.4) is 0 Å². The lowest BCUT2D eigenvalue weighted by Crippen LogP contribution is -2.50. The van der Waals surface area contributed by atoms with Crippen molar-refractivity contribution in [3.63, 3.8) is 0 Å². The van der Waals surface area contributed by atoms with E-state index in [0.29, 0.717) is 28.9 Å². The fraction of sp³-hybridized carbons (Fsp3) is 0.211. The van der Waals surface area contributed by atoms with Crippen LogP contribution in [0, 0.1) is 0 Å². The number of carbonyl (C=O) groups is 1. The number of fused-ring (bicyclic) bond motifs is 1. The lowest BCUT2D eigenvalue weighted by Gasteiger charge is -2.06. The van der Waals surface area contributed by atoms with Crippen LogP contribution in [0.2, 0.25) is 0 Å². The Morgan fingerprint density at radius 1 is 1.08 bits per heavy atom. The Kier molecular flexibility index (Phi) is 4.88. The monoisotopic (exact) mass is 355 g/mol. The molecule has 1 aromatic heterocycles. The summed E-state index contributed by atoms with van der Waals surface area (Å²) in [4.78, 5) is 12.5. The first-order valence-corrected chi connectivity index (χ1v) is 8.25. The number of rotatable bonds is 5. The van der Waals surface area contributed by atoms with E-state index in [1.54, 1.807) is 62.6 Å². The molecule has 3 rings (SSSR count). The number of hydrogen-bond acceptors (Lipinski definition) is 4. The van der Waals surface area contributed by atoms with Gasteiger partial charge in [0, 0.05) is 11.8 Å². The molecule has 0 atom stereocenters. The van der Waals surface area contributed by atoms with Gasteiger partial charge in [-0.15, -0.1) is 0 Å². The molecule has 0 radical (unpaired) electrons. The Morgan fingerprint density at radius 3 is 2.42 bits per heavy atom. The van der Waals surface area contributed by atoms with E-state index >= 15 is 0 Å². The van der Waals surface area contributed by atoms with E-state index < -0.39 is 0 Å². The van der Waals surface area contributed by atoms with Crippen LogP contribution < -0.4 is 19.2 Å². The number of amides is 1. The minimum Gasteiger partial charge on any atom is -0.497 e. The summed E-state index contributed by atoms with van der Waals surface area (Å²) in [5.41, 5.74) is 1.19. The smallest absolute Gasteiger partial charge is 0.497 e. The van der Waals surface area contributed by atoms with Crippen molar-refractivity contribution in [2.45, 2.75) is 20.0 Å². The predicted octanol–water partition coefficient (Wildman–Crippen LogP) is 1.49. The highest BCUT2D eigenvalue weighted by Crippen LogP contribution is 2.20. The zero-order chi connectivity index (χ0) is 18.7. The number of benzene rings is 2. The molecule has 0 unspecified atom stereocenters. The van der Waals surface area contributed by atoms with Crippen molar-refractivity contribution in [1.82, 2.24) is 0 Å². The summed E-state index contributed by atoms with van der Waals surface area (Å²) in [5, 5.41) is 24.2. The van der Waals surface area contributed by atoms with Gasteiger partial charge in [-0.2, -0.15) is 0 Å². The van der Waals surface area contributed by atoms with Crippen LogP contribution in [0.25, 0.3) is 10.9 Å². The van der Waals surface area contributed by atoms with Crippen molar-refractivity contribution in [3.05, 3.63) is 48.5 Å². The van der Waals surface area contributed by atoms with E-state index in [1.807, 2.05) is 0 Å². The van der Waals surface area contributed by atoms with Crippen molar-refractivity contribution < 1.29 is 28.9 Å². The molecule has 0 fully saturated rings. The first-order chi connectivity index (χ1) is 12.5. The molecule has 0 aliphatic rings. The van der Waals surface area contributed by atoms with Gasteiger partial charge in [-0.25, -0.2) is 0 Å². The highest BCUT2D eigenvalue weighted by molar-refractivity contribution is 5.90. The van der Waals surface area contributed by atoms with Crippen LogP contribution in [-0.4, -0.2) is 23.2 Å². The van der Waals surface area contributed by atoms with E-state index in [2.05, 4.69) is 5.32 Å². The number of ether oxygens (including phenoxy) is 1. The zero-order valence-electron chi connectivity index (χ0n) is 14.6. The van der Waals surface area contributed by atoms with Crippen molar-refractivity contribution in [1.29, 1.82) is 0 Å². The molecule has 3 aromatic rings. The average Bonchev–Trinajstić information content (AvgIpc) is 2.66. The Bertz CT molecular complexity index is 955. The number of aromatic nitrogens is 2. The number of para-hydroxylation sites is 1. The summed E-state index contributed by atoms with van der Waals surface area (Å²) in [5.74, 6) is 0.366. The van der Waals surface area contributed by atoms with Crippen molar-refractivity contribution in [3.8, 4) is 17.6 Å². The predicted molar refractivity (Wildman–Crippen MR) is 95.0 cm³/mol. The number of aromatic hydroxyl groups is 2. The molecule has 0 bridgehead atoms. The maximum atomic E-state index is 12.5. The van der Waals surface area contributed by atoms with Gasteiger partial charge < -0.3 is 20.3 Å². The summed E-state index contributed by atoms with van der Waals surface area (Å²) < 4.78 is 7.91. The molecule has 1 heterocycles. The highest BCUT2D eigenvalue weighted by atomic mass is 16.5. The zero-order valence-corrected chi connectivity index (χ0v) is 14.6. The summed E-state index contributed by atoms with van der Waals surface area (Å²) >= 11 is 0. The summed E-state index contributed by atoms with van der Waals surface area (Å²) in [6.45, 7) is 2.07. The molecule has 1 amide bonds. The number of hydrogen-bond donors (Lipinski definition) is 3. The van der Waals surface area contributed by atoms with Gasteiger partial charge in [0.2, 0.25) is 12.1 Å². The molecule has 26 heavy (non-hydrogen) atoms. The average molecular weight is 355 g/mol. The van der Waals surface area contributed by atoms with Gasteiger partial charge in [0.15, 0.2) is 11.9 Å². The van der Waals surface area contributed by atoms with Gasteiger partial charge in [-0.05, 0) is 37.3 Å². The van der Waals surface area contributed by atoms with Gasteiger partial charge >= 0.3 is 11.9 Å². The fourth-order valence-corrected chi connectivity index (χ4v) is 2.86. The van der Waals surface area contributed by atoms with Gasteiger partial charge in [-0.1, -0.05) is 21.3 Å². The van der Waals surface area contributed by atoms with Crippen LogP contribution in [0.15, 0.2) is 48.5 Å². The molecule has 0 saturated heterocycles. The first kappa shape index (κ1) is 17.5. The number of nitrogens with zero attached hydrogens (tertiary/aromatic N) is 2. The number of nitrogens with one attached hydrogen (secondary N) is 1. The number of carbonyl (C=O) groups excluding carboxylic acids is 1. The van der Waals surface area contributed by atoms with E-state index in [9.17, 15) is 15.0 Å². The molecule has 7 nitrogen and oxygen atoms in total. The number of methoxy groups -OCH3 is 1. The maximum Gasteiger partial charge on any atom is 0.632 e. The van der Waals surface area contributed by atoms with Crippen LogP contribution in [-0.2, 0) is 17.9 Å². The Hall–Kier alpha value is -3.35. The number of anilines is 1. The lowest BCUT2D eigenvalue weighted by atomic mass is 10.2. The molecular formula is C19H21N3O4+2. The summed E-state index contributed by atoms with van der Waals surface area (Å²) in [6, 6.07) is 13.9. The minimum atomic E-state index is -0.297. The largest absolute Gasteiger partial charge is 0.632 e. The molecule has 0 aliphatic heterocycles. The van der Waals surface area contributed by atoms with Crippen LogP contribution in [0.5, 0.6) is 17.6 Å². The molecule has 0 spiro atoms. The second kappa shape index (κ2) is 7.26. The van der Waals surface area contributed by atoms with Gasteiger partial charge in [-0.3, -0.25) is 4.79 Å². The molecular weight excluding hydrogens is 334 g/mol. The van der Waals surface area contributed by atoms with E-state index in [-0.39, 0.29) is 24.3 Å². The topological polar surface area (TPSA) is 86.6 Å². The normalized spacial score (nSPS) is 10.7. The van der Waals surface area contributed by atoms with E-state index in [4.69, 9.17) is 4.74 Å². The van der Waals surface area contributed by atoms with Crippen LogP contribution >= 0.6 is 0 Å². The standard InChI is InChI=1S/C19H19N3O4/c1-3-21-18(24)15-6-4-5-7-16(15)22(19(21)25)12-17(23)20-13-8-10-14(26-2)11-9-13/h4-11H,3,12H2,1-2H3,(H,20,23)/p+2. The van der Waals surface area contributed by atoms with Crippen molar-refractivity contribution in [2.24, 2.45) is 0 Å². The Labute approximate surface area is 150 Å². The third kappa shape index (κ3) is 3.23. The lowest BCUT2D eigenvalue weighted by molar-refractivity contribution is -0.815. The molecule has 7 heteroatoms. The summed E-state index contributed by atoms with van der Waals surface area (Å²) in [7, 11) is 1.58. The second-order valence-electron chi connectivity index (χ2n) is 5.75. The molecule has 3 N–H and O–H groups in total. The van der Waals surface area contributed by atoms with Crippen molar-refractivity contribution in [2.75, 3.05) is 12.4 Å². The highest BCUT2D eigenvalue weighted by Gasteiger charge is 2.33. The third-order valence-corrected chi connectivity index (χ3v) is 4.17. The van der Waals surface area contributed by atoms with E-state index in [0.717, 1.165) is 0 Å². The Morgan fingerprint density at radius 2 is 1.77 bits per heavy atom. The molecule has 0 saturated carbocycles. The fourth-order valence-electron chi connectivity index (χ4n) is 2.86. The molecule has 0 aliphatic carbocycles. The Balaban J connectivity index is 1.93. The third-order valence-electron chi connectivity index (χ3n) is 4.17. The van der Waals surface area contributed by atoms with E-state index in [1.165, 1.54) is 9.13 Å². The summed E-state index contributed by atoms with van der Waals surface area (Å²) in [6.07, 6.45) is 0. The maximum absolute atomic E-state index is 12.5. The van der Waals surface area contributed by atoms with Gasteiger partial charge in [0.25, 0.3) is 5.91 Å². The van der Waals surface area contributed by atoms with Crippen LogP contribution in [0.1, 0.15) is 6.92 Å². The first-order valence-electron chi connectivity index (χ1n) is 8.25. The quantitative estimate of drug-likeness (QED) is 0.605. The second-order valence-corrected chi connectivity index (χ2v) is 5.75. The van der Waals surface area contributed by atoms with Crippen LogP contribution in [0.4, 0.5) is 5.69 Å². The van der Waals surface area contributed by atoms with Crippen molar-refractivity contribution >= 4 is 22.5 Å². The minimum absolute atomic E-state index is 0.0348. The van der Waals surface area contributed by atoms with Gasteiger partial charge in [0.1, 0.15) is 5.75 Å². The molecule has 2 aromatic carbocycles. The van der Waals surface area contributed by atoms with Gasteiger partial charge in [0.05, 0.1) is 7.11 Å². The molecule has 134 valence electrons. The SMILES string of the molecule is CC[n+]1c(O)c2ccccc2[n+](CC(=O)Nc2ccc(OC)cc2)c1O.